The van der Waals surface area contributed by atoms with Gasteiger partial charge in [-0.25, -0.2) is 0 Å². The summed E-state index contributed by atoms with van der Waals surface area (Å²) in [5.41, 5.74) is 5.41. The fraction of sp³-hybridized carbons (Fsp3) is 0.472. The van der Waals surface area contributed by atoms with Crippen molar-refractivity contribution in [1.29, 1.82) is 0 Å². The molecule has 3 aliphatic rings. The van der Waals surface area contributed by atoms with E-state index in [0.29, 0.717) is 29.0 Å². The lowest BCUT2D eigenvalue weighted by Gasteiger charge is -2.41. The molecule has 1 aliphatic carbocycles. The Kier molecular flexibility index (Phi) is 8.25. The molecule has 2 saturated heterocycles. The highest BCUT2D eigenvalue weighted by Crippen LogP contribution is 2.53. The molecular weight excluding hydrogens is 524 g/mol. The summed E-state index contributed by atoms with van der Waals surface area (Å²) < 4.78 is 13.3. The van der Waals surface area contributed by atoms with E-state index >= 15 is 0 Å². The molecule has 1 amide bonds. The third-order valence-corrected chi connectivity index (χ3v) is 9.32. The van der Waals surface area contributed by atoms with Crippen molar-refractivity contribution in [2.75, 3.05) is 13.1 Å². The summed E-state index contributed by atoms with van der Waals surface area (Å²) in [6.45, 7) is 9.83. The average Bonchev–Trinajstić information content (AvgIpc) is 3.23. The zero-order valence-electron chi connectivity index (χ0n) is 25.1. The standard InChI is InChI=1S/C36H44N2O4/c1-35(2)18-30-19-36(3,23-35)24-38(30)21-31-17-32(27-13-11-26(22-39)12-14-27)42-34(41-31)29-15-9-25(10-16-29)20-37-33(40)28-7-5-4-6-8-28/h4-16,30-32,34,39H,17-24H2,1-3H3,(H,37,40). The van der Waals surface area contributed by atoms with E-state index < -0.39 is 6.29 Å². The van der Waals surface area contributed by atoms with Crippen LogP contribution in [0.3, 0.4) is 0 Å². The van der Waals surface area contributed by atoms with Crippen molar-refractivity contribution >= 4 is 5.91 Å². The Morgan fingerprint density at radius 3 is 2.31 bits per heavy atom. The second-order valence-corrected chi connectivity index (χ2v) is 13.8. The summed E-state index contributed by atoms with van der Waals surface area (Å²) in [6, 6.07) is 26.1. The minimum absolute atomic E-state index is 0.0315. The van der Waals surface area contributed by atoms with Crippen molar-refractivity contribution in [1.82, 2.24) is 10.2 Å². The largest absolute Gasteiger partial charge is 0.392 e. The molecule has 5 unspecified atom stereocenters. The summed E-state index contributed by atoms with van der Waals surface area (Å²) in [6.07, 6.45) is 4.06. The molecule has 0 spiro atoms. The molecule has 3 aromatic carbocycles. The van der Waals surface area contributed by atoms with Crippen molar-refractivity contribution in [2.45, 2.75) is 84.1 Å². The SMILES string of the molecule is CC1(C)CC2CC(C)(CN2CC2CC(c3ccc(CO)cc3)OC(c3ccc(CNC(=O)c4ccccc4)cc3)O2)C1. The lowest BCUT2D eigenvalue weighted by molar-refractivity contribution is -0.253. The smallest absolute Gasteiger partial charge is 0.251 e. The number of nitrogens with one attached hydrogen (secondary N) is 1. The van der Waals surface area contributed by atoms with Gasteiger partial charge in [0, 0.05) is 43.2 Å². The van der Waals surface area contributed by atoms with Gasteiger partial charge in [-0.3, -0.25) is 9.69 Å². The Morgan fingerprint density at radius 1 is 0.905 bits per heavy atom. The summed E-state index contributed by atoms with van der Waals surface area (Å²) >= 11 is 0. The molecule has 222 valence electrons. The van der Waals surface area contributed by atoms with E-state index in [0.717, 1.165) is 41.8 Å². The van der Waals surface area contributed by atoms with Crippen LogP contribution < -0.4 is 5.32 Å². The molecule has 6 nitrogen and oxygen atoms in total. The highest BCUT2D eigenvalue weighted by Gasteiger charge is 2.50. The molecule has 2 N–H and O–H groups in total. The normalized spacial score (nSPS) is 28.9. The Balaban J connectivity index is 1.16. The topological polar surface area (TPSA) is 71.0 Å². The van der Waals surface area contributed by atoms with Crippen molar-refractivity contribution in [3.8, 4) is 0 Å². The predicted octanol–water partition coefficient (Wildman–Crippen LogP) is 6.55. The van der Waals surface area contributed by atoms with E-state index in [2.05, 4.69) is 55.3 Å². The first-order chi connectivity index (χ1) is 20.2. The van der Waals surface area contributed by atoms with Gasteiger partial charge in [0.15, 0.2) is 6.29 Å². The van der Waals surface area contributed by atoms with E-state index in [-0.39, 0.29) is 24.7 Å². The third kappa shape index (κ3) is 6.63. The van der Waals surface area contributed by atoms with Crippen LogP contribution in [0.25, 0.3) is 0 Å². The van der Waals surface area contributed by atoms with Crippen LogP contribution in [0, 0.1) is 10.8 Å². The second-order valence-electron chi connectivity index (χ2n) is 13.8. The highest BCUT2D eigenvalue weighted by atomic mass is 16.7. The van der Waals surface area contributed by atoms with Crippen LogP contribution in [0.4, 0.5) is 0 Å². The van der Waals surface area contributed by atoms with Gasteiger partial charge in [0.25, 0.3) is 5.91 Å². The Hall–Kier alpha value is -3.03. The summed E-state index contributed by atoms with van der Waals surface area (Å²) in [7, 11) is 0. The minimum Gasteiger partial charge on any atom is -0.392 e. The second kappa shape index (κ2) is 11.9. The quantitative estimate of drug-likeness (QED) is 0.322. The van der Waals surface area contributed by atoms with E-state index in [9.17, 15) is 9.90 Å². The molecule has 3 fully saturated rings. The first-order valence-electron chi connectivity index (χ1n) is 15.4. The van der Waals surface area contributed by atoms with Gasteiger partial charge in [-0.2, -0.15) is 0 Å². The lowest BCUT2D eigenvalue weighted by Crippen LogP contribution is -2.42. The van der Waals surface area contributed by atoms with Crippen molar-refractivity contribution in [2.24, 2.45) is 10.8 Å². The predicted molar refractivity (Wildman–Crippen MR) is 164 cm³/mol. The van der Waals surface area contributed by atoms with Crippen LogP contribution >= 0.6 is 0 Å². The molecular formula is C36H44N2O4. The van der Waals surface area contributed by atoms with Gasteiger partial charge < -0.3 is 19.9 Å². The number of carbonyl (C=O) groups excluding carboxylic acids is 1. The molecule has 5 atom stereocenters. The van der Waals surface area contributed by atoms with Crippen LogP contribution in [0.2, 0.25) is 0 Å². The van der Waals surface area contributed by atoms with Gasteiger partial charge in [0.2, 0.25) is 0 Å². The molecule has 1 saturated carbocycles. The molecule has 3 aromatic rings. The number of hydrogen-bond acceptors (Lipinski definition) is 5. The maximum Gasteiger partial charge on any atom is 0.251 e. The maximum atomic E-state index is 12.5. The Labute approximate surface area is 250 Å². The van der Waals surface area contributed by atoms with E-state index in [1.165, 1.54) is 19.3 Å². The summed E-state index contributed by atoms with van der Waals surface area (Å²) in [5.74, 6) is -0.0832. The number of benzene rings is 3. The fourth-order valence-electron chi connectivity index (χ4n) is 7.75. The molecule has 2 heterocycles. The maximum absolute atomic E-state index is 12.5. The van der Waals surface area contributed by atoms with Gasteiger partial charge in [-0.1, -0.05) is 87.5 Å². The third-order valence-electron chi connectivity index (χ3n) is 9.32. The molecule has 0 radical (unpaired) electrons. The summed E-state index contributed by atoms with van der Waals surface area (Å²) in [4.78, 5) is 15.2. The number of aliphatic hydroxyl groups is 1. The molecule has 2 bridgehead atoms. The van der Waals surface area contributed by atoms with Gasteiger partial charge in [-0.15, -0.1) is 0 Å². The molecule has 6 rings (SSSR count). The van der Waals surface area contributed by atoms with Gasteiger partial charge in [0.05, 0.1) is 18.8 Å². The molecule has 42 heavy (non-hydrogen) atoms. The van der Waals surface area contributed by atoms with Crippen LogP contribution in [-0.2, 0) is 22.6 Å². The van der Waals surface area contributed by atoms with E-state index in [1.807, 2.05) is 54.6 Å². The van der Waals surface area contributed by atoms with Crippen molar-refractivity contribution < 1.29 is 19.4 Å². The summed E-state index contributed by atoms with van der Waals surface area (Å²) in [5, 5.41) is 12.5. The number of rotatable bonds is 8. The zero-order valence-corrected chi connectivity index (χ0v) is 25.1. The van der Waals surface area contributed by atoms with E-state index in [4.69, 9.17) is 9.47 Å². The first kappa shape index (κ1) is 29.1. The monoisotopic (exact) mass is 568 g/mol. The number of likely N-dealkylation sites (tertiary alicyclic amines) is 1. The average molecular weight is 569 g/mol. The van der Waals surface area contributed by atoms with E-state index in [1.54, 1.807) is 0 Å². The first-order valence-corrected chi connectivity index (χ1v) is 15.4. The van der Waals surface area contributed by atoms with Crippen molar-refractivity contribution in [3.05, 3.63) is 107 Å². The molecule has 6 heteroatoms. The number of aliphatic hydroxyl groups excluding tert-OH is 1. The van der Waals surface area contributed by atoms with Crippen LogP contribution in [0.5, 0.6) is 0 Å². The van der Waals surface area contributed by atoms with Crippen LogP contribution in [0.15, 0.2) is 78.9 Å². The highest BCUT2D eigenvalue weighted by molar-refractivity contribution is 5.94. The number of ether oxygens (including phenoxy) is 2. The Bertz CT molecular complexity index is 1360. The fourth-order valence-corrected chi connectivity index (χ4v) is 7.75. The number of hydrogen-bond donors (Lipinski definition) is 2. The van der Waals surface area contributed by atoms with Crippen molar-refractivity contribution in [3.63, 3.8) is 0 Å². The minimum atomic E-state index is -0.478. The van der Waals surface area contributed by atoms with Gasteiger partial charge in [0.1, 0.15) is 0 Å². The lowest BCUT2D eigenvalue weighted by atomic mass is 9.65. The molecule has 0 aromatic heterocycles. The number of nitrogens with zero attached hydrogens (tertiary/aromatic N) is 1. The van der Waals surface area contributed by atoms with Gasteiger partial charge >= 0.3 is 0 Å². The zero-order chi connectivity index (χ0) is 29.3. The number of amides is 1. The number of fused-ring (bicyclic) bond motifs is 2. The van der Waals surface area contributed by atoms with Gasteiger partial charge in [-0.05, 0) is 58.9 Å². The van der Waals surface area contributed by atoms with Crippen LogP contribution in [-0.4, -0.2) is 41.1 Å². The molecule has 2 aliphatic heterocycles. The Morgan fingerprint density at radius 2 is 1.60 bits per heavy atom. The number of carbonyl (C=O) groups is 1. The van der Waals surface area contributed by atoms with Crippen LogP contribution in [0.1, 0.15) is 91.5 Å².